The molecule has 0 atom stereocenters. The predicted octanol–water partition coefficient (Wildman–Crippen LogP) is 16.9. The molecule has 5 aromatic carbocycles. The van der Waals surface area contributed by atoms with Gasteiger partial charge in [-0.1, -0.05) is 92.9 Å². The average molecular weight is 1540 g/mol. The topological polar surface area (TPSA) is 153 Å². The lowest BCUT2D eigenvalue weighted by Crippen LogP contribution is -2.36. The van der Waals surface area contributed by atoms with E-state index in [0.717, 1.165) is 94.4 Å². The van der Waals surface area contributed by atoms with Crippen LogP contribution >= 0.6 is 92.8 Å². The van der Waals surface area contributed by atoms with Crippen molar-refractivity contribution in [3.05, 3.63) is 166 Å². The highest BCUT2D eigenvalue weighted by Crippen LogP contribution is 2.18. The smallest absolute Gasteiger partial charge is 0.251 e. The van der Waals surface area contributed by atoms with Gasteiger partial charge in [0.05, 0.1) is 0 Å². The van der Waals surface area contributed by atoms with Crippen molar-refractivity contribution >= 4 is 128 Å². The summed E-state index contributed by atoms with van der Waals surface area (Å²) in [6.45, 7) is 44.3. The largest absolute Gasteiger partial charge is 0.369 e. The van der Waals surface area contributed by atoms with E-state index in [-0.39, 0.29) is 47.8 Å². The van der Waals surface area contributed by atoms with E-state index in [1.165, 1.54) is 27.9 Å². The normalized spacial score (nSPS) is 10.7. The summed E-state index contributed by atoms with van der Waals surface area (Å²) in [4.78, 5) is 55.0. The first-order valence-electron chi connectivity index (χ1n) is 34.5. The minimum atomic E-state index is -0.0530. The minimum Gasteiger partial charge on any atom is -0.369 e. The highest BCUT2D eigenvalue weighted by Gasteiger charge is 2.13. The molecule has 0 radical (unpaired) electrons. The molecule has 0 spiro atoms. The van der Waals surface area contributed by atoms with Crippen LogP contribution in [0.4, 0.5) is 11.4 Å². The van der Waals surface area contributed by atoms with E-state index in [1.54, 1.807) is 0 Å². The van der Waals surface area contributed by atoms with Crippen LogP contribution in [0, 0.1) is 20.8 Å². The maximum atomic E-state index is 11.8. The molecule has 560 valence electrons. The molecule has 6 N–H and O–H groups in total. The average Bonchev–Trinajstić information content (AvgIpc) is 0.906. The summed E-state index contributed by atoms with van der Waals surface area (Å²) >= 11 is 45.7. The number of nitrogens with one attached hydrogen (secondary N) is 6. The number of nitrogens with zero attached hydrogens (tertiary/aromatic N) is 4. The van der Waals surface area contributed by atoms with E-state index >= 15 is 0 Å². The lowest BCUT2D eigenvalue weighted by molar-refractivity contribution is 0.0934. The molecule has 0 unspecified atom stereocenters. The molecule has 0 aromatic heterocycles. The molecule has 0 saturated carbocycles. The Morgan fingerprint density at radius 3 is 0.798 bits per heavy atom. The van der Waals surface area contributed by atoms with E-state index in [2.05, 4.69) is 117 Å². The summed E-state index contributed by atoms with van der Waals surface area (Å²) in [6, 6.07) is 41.1. The van der Waals surface area contributed by atoms with Gasteiger partial charge >= 0.3 is 0 Å². The number of hydrogen-bond donors (Lipinski definition) is 6. The lowest BCUT2D eigenvalue weighted by Gasteiger charge is -2.23. The fourth-order valence-corrected chi connectivity index (χ4v) is 10.3. The molecule has 0 saturated heterocycles. The second-order valence-electron chi connectivity index (χ2n) is 25.4. The van der Waals surface area contributed by atoms with Gasteiger partial charge in [-0.3, -0.25) is 29.0 Å². The van der Waals surface area contributed by atoms with Crippen molar-refractivity contribution in [1.82, 2.24) is 41.7 Å². The summed E-state index contributed by atoms with van der Waals surface area (Å²) in [5.74, 6) is 5.00. The van der Waals surface area contributed by atoms with Crippen LogP contribution < -0.4 is 41.7 Å². The number of rotatable bonds is 34. The van der Waals surface area contributed by atoms with Gasteiger partial charge in [-0.2, -0.15) is 0 Å². The Morgan fingerprint density at radius 1 is 0.313 bits per heavy atom. The second kappa shape index (κ2) is 60.2. The highest BCUT2D eigenvalue weighted by atomic mass is 35.5. The summed E-state index contributed by atoms with van der Waals surface area (Å²) < 4.78 is 0. The SMILES string of the molecule is CC(C)N(CCCl)CCCl.CC(C)NC(=O)c1ccc(N(CCCl)CCCl)cc1.CC(C)NCCN(CCCl)CCCl.CC(C)NCc1ccc(N(CCCl)CCCl)cc1.Cc1ccc(C(=O)NC(C)C)cc1.Cc1ccc(C(=O)NC(C)C)cc1.Cc1ccc(C(=O)NC(C)C)cc1. The van der Waals surface area contributed by atoms with Gasteiger partial charge in [0.2, 0.25) is 0 Å². The number of alkyl halides is 8. The van der Waals surface area contributed by atoms with Gasteiger partial charge in [-0.15, -0.1) is 92.8 Å². The van der Waals surface area contributed by atoms with Crippen molar-refractivity contribution in [2.75, 3.05) is 122 Å². The third-order valence-corrected chi connectivity index (χ3v) is 15.2. The van der Waals surface area contributed by atoms with Crippen LogP contribution in [0.15, 0.2) is 121 Å². The quantitative estimate of drug-likeness (QED) is 0.0220. The van der Waals surface area contributed by atoms with Gasteiger partial charge in [0.25, 0.3) is 23.6 Å². The van der Waals surface area contributed by atoms with Crippen molar-refractivity contribution in [3.8, 4) is 0 Å². The highest BCUT2D eigenvalue weighted by molar-refractivity contribution is 6.20. The second-order valence-corrected chi connectivity index (χ2v) is 28.4. The van der Waals surface area contributed by atoms with Crippen LogP contribution in [0.2, 0.25) is 0 Å². The van der Waals surface area contributed by atoms with Crippen LogP contribution in [0.5, 0.6) is 0 Å². The zero-order valence-corrected chi connectivity index (χ0v) is 68.5. The van der Waals surface area contributed by atoms with Crippen LogP contribution in [-0.4, -0.2) is 188 Å². The molecule has 5 rings (SSSR count). The van der Waals surface area contributed by atoms with E-state index in [4.69, 9.17) is 92.8 Å². The molecule has 0 heterocycles. The van der Waals surface area contributed by atoms with Crippen LogP contribution in [0.25, 0.3) is 0 Å². The molecular weight excluding hydrogens is 1410 g/mol. The minimum absolute atomic E-state index is 0.00463. The Balaban J connectivity index is 0. The van der Waals surface area contributed by atoms with Crippen molar-refractivity contribution < 1.29 is 19.2 Å². The molecule has 5 aromatic rings. The van der Waals surface area contributed by atoms with Crippen molar-refractivity contribution in [1.29, 1.82) is 0 Å². The monoisotopic (exact) mass is 1530 g/mol. The number of carbonyl (C=O) groups excluding carboxylic acids is 4. The van der Waals surface area contributed by atoms with Gasteiger partial charge in [0, 0.05) is 195 Å². The molecule has 0 aliphatic heterocycles. The molecule has 0 bridgehead atoms. The standard InChI is InChI=1S/C14H20Cl2N2O.C14H22Cl2N2.3C11H15NO.C9H20Cl2N2.C7H15Cl2N/c1-11(2)17-14(19)12-3-5-13(6-4-12)18(9-7-15)10-8-16;1-12(2)17-11-13-3-5-14(6-4-13)18(9-7-15)10-8-16;3*1-8(2)12-11(13)10-6-4-9(3)5-7-10;1-9(2)12-5-8-13(6-3-10)7-4-11;1-7(2)10(5-3-8)6-4-9/h3-6,11H,7-10H2,1-2H3,(H,17,19);3-6,12,17H,7-11H2,1-2H3;3*4-8H,1-3H3,(H,12,13);9,12H,3-8H2,1-2H3;7H,3-6H2,1-2H3. The maximum Gasteiger partial charge on any atom is 0.251 e. The van der Waals surface area contributed by atoms with E-state index in [0.29, 0.717) is 70.7 Å². The molecule has 99 heavy (non-hydrogen) atoms. The molecule has 22 heteroatoms. The number of anilines is 2. The molecule has 0 fully saturated rings. The van der Waals surface area contributed by atoms with Crippen LogP contribution in [0.1, 0.15) is 161 Å². The van der Waals surface area contributed by atoms with Gasteiger partial charge in [-0.25, -0.2) is 0 Å². The molecule has 0 aliphatic carbocycles. The zero-order chi connectivity index (χ0) is 75.3. The Morgan fingerprint density at radius 2 is 0.566 bits per heavy atom. The van der Waals surface area contributed by atoms with Crippen molar-refractivity contribution in [3.63, 3.8) is 0 Å². The summed E-state index contributed by atoms with van der Waals surface area (Å²) in [5, 5.41) is 18.2. The Kier molecular flexibility index (Phi) is 58.8. The Bertz CT molecular complexity index is 2630. The van der Waals surface area contributed by atoms with Crippen molar-refractivity contribution in [2.24, 2.45) is 0 Å². The van der Waals surface area contributed by atoms with Gasteiger partial charge in [0.1, 0.15) is 0 Å². The fourth-order valence-electron chi connectivity index (χ4n) is 8.55. The number of halogens is 8. The van der Waals surface area contributed by atoms with Gasteiger partial charge in [-0.05, 0) is 168 Å². The summed E-state index contributed by atoms with van der Waals surface area (Å²) in [7, 11) is 0. The predicted molar refractivity (Wildman–Crippen MR) is 435 cm³/mol. The van der Waals surface area contributed by atoms with Crippen LogP contribution in [-0.2, 0) is 6.54 Å². The van der Waals surface area contributed by atoms with E-state index in [9.17, 15) is 19.2 Å². The maximum absolute atomic E-state index is 11.8. The third-order valence-electron chi connectivity index (χ3n) is 13.8. The first-order chi connectivity index (χ1) is 46.9. The molecule has 0 aliphatic rings. The number of amides is 4. The van der Waals surface area contributed by atoms with E-state index in [1.807, 2.05) is 173 Å². The van der Waals surface area contributed by atoms with Crippen LogP contribution in [0.3, 0.4) is 0 Å². The van der Waals surface area contributed by atoms with Gasteiger partial charge in [0.15, 0.2) is 0 Å². The summed E-state index contributed by atoms with van der Waals surface area (Å²) in [6.07, 6.45) is 0. The molecule has 14 nitrogen and oxygen atoms in total. The first kappa shape index (κ1) is 96.8. The number of carbonyl (C=O) groups is 4. The molecular formula is C77H122Cl8N10O4. The number of aryl methyl sites for hydroxylation is 3. The Labute approximate surface area is 638 Å². The third kappa shape index (κ3) is 50.7. The fraction of sp³-hybridized carbons (Fsp3) is 0.558. The molecule has 4 amide bonds. The zero-order valence-electron chi connectivity index (χ0n) is 62.5. The van der Waals surface area contributed by atoms with E-state index < -0.39 is 0 Å². The number of hydrogen-bond acceptors (Lipinski definition) is 10. The lowest BCUT2D eigenvalue weighted by atomic mass is 10.1. The summed E-state index contributed by atoms with van der Waals surface area (Å²) in [5.41, 5.74) is 9.84. The Hall–Kier alpha value is -4.26. The van der Waals surface area contributed by atoms with Gasteiger partial charge < -0.3 is 41.7 Å². The van der Waals surface area contributed by atoms with Crippen molar-refractivity contribution in [2.45, 2.75) is 167 Å². The first-order valence-corrected chi connectivity index (χ1v) is 38.8. The number of benzene rings is 5.